The number of carboxylic acid groups (broad SMARTS) is 2. The minimum Gasteiger partial charge on any atom is -0.550 e. The van der Waals surface area contributed by atoms with Crippen LogP contribution in [0.2, 0.25) is 0 Å². The molecule has 9 atom stereocenters. The predicted molar refractivity (Wildman–Crippen MR) is 149 cm³/mol. The van der Waals surface area contributed by atoms with E-state index in [1.165, 1.54) is 5.57 Å². The van der Waals surface area contributed by atoms with E-state index in [1.54, 1.807) is 0 Å². The predicted octanol–water partition coefficient (Wildman–Crippen LogP) is -1.83. The van der Waals surface area contributed by atoms with Gasteiger partial charge in [0.2, 0.25) is 0 Å². The van der Waals surface area contributed by atoms with Crippen LogP contribution < -0.4 is 69.3 Å². The zero-order valence-corrected chi connectivity index (χ0v) is 32.0. The van der Waals surface area contributed by atoms with Crippen LogP contribution in [-0.4, -0.2) is 29.8 Å². The Morgan fingerprint density at radius 2 is 1.49 bits per heavy atom. The molecule has 7 nitrogen and oxygen atoms in total. The maximum absolute atomic E-state index is 14.4. The van der Waals surface area contributed by atoms with Crippen molar-refractivity contribution < 1.29 is 93.2 Å². The van der Waals surface area contributed by atoms with E-state index >= 15 is 0 Å². The van der Waals surface area contributed by atoms with E-state index in [0.29, 0.717) is 19.3 Å². The molecule has 0 aliphatic heterocycles. The summed E-state index contributed by atoms with van der Waals surface area (Å²) in [6.45, 7) is 15.3. The Bertz CT molecular complexity index is 1210. The first-order valence-corrected chi connectivity index (χ1v) is 15.7. The molecule has 0 heterocycles. The molecule has 5 rings (SSSR count). The fourth-order valence-electron chi connectivity index (χ4n) is 11.0. The maximum atomic E-state index is 14.4. The van der Waals surface area contributed by atoms with Crippen LogP contribution in [-0.2, 0) is 23.9 Å². The molecule has 0 aromatic rings. The molecule has 0 saturated heterocycles. The SMILES string of the molecule is CC1(C)[C@H]2CC[C@@]3(C)[C@@H](C(=O)C=C4[C@H]5C[C@](C)(C(=O)[O-])CC[C@@]5(C)CC[C@@]43C)[C@]2(C)CC[C@H]1OC(=O)CCC(=O)[O-].[Na+].[Na+]. The Morgan fingerprint density at radius 1 is 0.860 bits per heavy atom. The summed E-state index contributed by atoms with van der Waals surface area (Å²) >= 11 is 0. The molecule has 4 fully saturated rings. The first-order valence-electron chi connectivity index (χ1n) is 15.7. The fraction of sp³-hybridized carbons (Fsp3) is 0.824. The quantitative estimate of drug-likeness (QED) is 0.264. The normalized spacial score (nSPS) is 44.4. The second-order valence-corrected chi connectivity index (χ2v) is 16.3. The molecule has 0 N–H and O–H groups in total. The number of hydrogen-bond donors (Lipinski definition) is 0. The maximum Gasteiger partial charge on any atom is 1.00 e. The summed E-state index contributed by atoms with van der Waals surface area (Å²) in [4.78, 5) is 50.0. The first kappa shape index (κ1) is 37.3. The summed E-state index contributed by atoms with van der Waals surface area (Å²) in [5.41, 5.74) is -0.823. The molecule has 0 spiro atoms. The van der Waals surface area contributed by atoms with Crippen LogP contribution >= 0.6 is 0 Å². The van der Waals surface area contributed by atoms with Gasteiger partial charge < -0.3 is 24.5 Å². The van der Waals surface area contributed by atoms with Crippen molar-refractivity contribution in [1.29, 1.82) is 0 Å². The first-order chi connectivity index (χ1) is 18.8. The largest absolute Gasteiger partial charge is 1.00 e. The van der Waals surface area contributed by atoms with Gasteiger partial charge in [0.1, 0.15) is 6.10 Å². The van der Waals surface area contributed by atoms with Gasteiger partial charge in [0.15, 0.2) is 5.78 Å². The number of fused-ring (bicyclic) bond motifs is 7. The molecule has 43 heavy (non-hydrogen) atoms. The topological polar surface area (TPSA) is 124 Å². The number of ether oxygens (including phenoxy) is 1. The standard InChI is InChI=1S/C34H50O7.2Na/c1-29(2)23-10-13-34(7)27(32(23,5)12-11-24(29)41-26(38)9-8-25(36)37)22(35)18-20-21-19-31(4,28(39)40)15-14-30(21,3)16-17-33(20,34)6;;/h18,21,23-24,27H,8-17,19H2,1-7H3,(H,36,37)(H,39,40);;/q;2*+1/p-2/t21-,23-,24-,27+,30+,31-,32-,33+,34+;;/m1../s1. The van der Waals surface area contributed by atoms with Crippen molar-refractivity contribution in [2.75, 3.05) is 0 Å². The Labute approximate surface area is 301 Å². The Kier molecular flexibility index (Phi) is 10.5. The number of esters is 1. The molecule has 0 radical (unpaired) electrons. The summed E-state index contributed by atoms with van der Waals surface area (Å²) in [6.07, 6.45) is 8.26. The minimum absolute atomic E-state index is 0. The van der Waals surface area contributed by atoms with Crippen molar-refractivity contribution in [2.45, 2.75) is 125 Å². The van der Waals surface area contributed by atoms with Crippen LogP contribution in [0, 0.1) is 50.2 Å². The molecular weight excluding hydrogens is 566 g/mol. The Balaban J connectivity index is 0.00000253. The minimum atomic E-state index is -1.26. The summed E-state index contributed by atoms with van der Waals surface area (Å²) in [5.74, 6) is -2.53. The van der Waals surface area contributed by atoms with E-state index in [4.69, 9.17) is 4.74 Å². The number of ketones is 1. The van der Waals surface area contributed by atoms with Crippen molar-refractivity contribution in [2.24, 2.45) is 50.2 Å². The van der Waals surface area contributed by atoms with E-state index in [9.17, 15) is 29.4 Å². The molecule has 0 bridgehead atoms. The number of carboxylic acids is 2. The van der Waals surface area contributed by atoms with Crippen LogP contribution in [0.3, 0.4) is 0 Å². The van der Waals surface area contributed by atoms with Gasteiger partial charge in [0, 0.05) is 28.7 Å². The second-order valence-electron chi connectivity index (χ2n) is 16.3. The number of rotatable bonds is 5. The molecular formula is C34H48Na2O7. The molecule has 4 saturated carbocycles. The van der Waals surface area contributed by atoms with Gasteiger partial charge in [0.05, 0.1) is 6.42 Å². The third-order valence-corrected chi connectivity index (χ3v) is 13.8. The van der Waals surface area contributed by atoms with Gasteiger partial charge in [-0.2, -0.15) is 0 Å². The van der Waals surface area contributed by atoms with E-state index in [1.807, 2.05) is 13.0 Å². The number of hydrogen-bond acceptors (Lipinski definition) is 7. The molecule has 5 aliphatic rings. The molecule has 228 valence electrons. The third kappa shape index (κ3) is 5.60. The zero-order valence-electron chi connectivity index (χ0n) is 28.0. The zero-order chi connectivity index (χ0) is 30.4. The Morgan fingerprint density at radius 3 is 2.09 bits per heavy atom. The van der Waals surface area contributed by atoms with Gasteiger partial charge in [-0.15, -0.1) is 0 Å². The van der Waals surface area contributed by atoms with E-state index < -0.39 is 23.3 Å². The van der Waals surface area contributed by atoms with Crippen molar-refractivity contribution in [3.63, 3.8) is 0 Å². The molecule has 5 aliphatic carbocycles. The van der Waals surface area contributed by atoms with Crippen LogP contribution in [0.25, 0.3) is 0 Å². The van der Waals surface area contributed by atoms with E-state index in [2.05, 4.69) is 41.5 Å². The molecule has 0 aromatic carbocycles. The van der Waals surface area contributed by atoms with Crippen LogP contribution in [0.1, 0.15) is 119 Å². The monoisotopic (exact) mass is 614 g/mol. The summed E-state index contributed by atoms with van der Waals surface area (Å²) in [7, 11) is 0. The van der Waals surface area contributed by atoms with Crippen LogP contribution in [0.15, 0.2) is 11.6 Å². The van der Waals surface area contributed by atoms with E-state index in [0.717, 1.165) is 38.5 Å². The van der Waals surface area contributed by atoms with Gasteiger partial charge in [-0.1, -0.05) is 54.0 Å². The van der Waals surface area contributed by atoms with Crippen molar-refractivity contribution >= 4 is 23.7 Å². The van der Waals surface area contributed by atoms with Gasteiger partial charge in [-0.05, 0) is 104 Å². The van der Waals surface area contributed by atoms with Gasteiger partial charge in [0.25, 0.3) is 0 Å². The van der Waals surface area contributed by atoms with Gasteiger partial charge in [-0.3, -0.25) is 9.59 Å². The van der Waals surface area contributed by atoms with Crippen molar-refractivity contribution in [1.82, 2.24) is 0 Å². The second kappa shape index (κ2) is 12.1. The fourth-order valence-corrected chi connectivity index (χ4v) is 11.0. The number of aliphatic carboxylic acids is 2. The number of carbonyl (C=O) groups is 4. The number of allylic oxidation sites excluding steroid dienone is 2. The molecule has 0 amide bonds. The number of carbonyl (C=O) groups excluding carboxylic acids is 4. The summed E-state index contributed by atoms with van der Waals surface area (Å²) in [5, 5.41) is 23.1. The van der Waals surface area contributed by atoms with Gasteiger partial charge >= 0.3 is 65.1 Å². The summed E-state index contributed by atoms with van der Waals surface area (Å²) < 4.78 is 5.87. The van der Waals surface area contributed by atoms with Crippen molar-refractivity contribution in [3.8, 4) is 0 Å². The average Bonchev–Trinajstić information content (AvgIpc) is 2.86. The molecule has 0 unspecified atom stereocenters. The van der Waals surface area contributed by atoms with Crippen molar-refractivity contribution in [3.05, 3.63) is 11.6 Å². The Hall–Kier alpha value is -0.180. The third-order valence-electron chi connectivity index (χ3n) is 13.8. The molecule has 0 aromatic heterocycles. The van der Waals surface area contributed by atoms with Crippen LogP contribution in [0.5, 0.6) is 0 Å². The summed E-state index contributed by atoms with van der Waals surface area (Å²) in [6, 6.07) is 0. The molecule has 9 heteroatoms. The van der Waals surface area contributed by atoms with Gasteiger partial charge in [-0.25, -0.2) is 0 Å². The smallest absolute Gasteiger partial charge is 0.550 e. The average molecular weight is 615 g/mol. The van der Waals surface area contributed by atoms with E-state index in [-0.39, 0.29) is 129 Å². The van der Waals surface area contributed by atoms with Crippen LogP contribution in [0.4, 0.5) is 0 Å².